The normalized spacial score (nSPS) is 10.3. The molecule has 0 aliphatic rings. The molecule has 0 amide bonds. The Morgan fingerprint density at radius 1 is 1.00 bits per heavy atom. The number of carbonyl (C=O) groups excluding carboxylic acids is 1. The second-order valence-corrected chi connectivity index (χ2v) is 4.41. The van der Waals surface area contributed by atoms with Crippen molar-refractivity contribution in [3.05, 3.63) is 54.6 Å². The molecular formula is C16H12N2O3. The van der Waals surface area contributed by atoms with Crippen LogP contribution in [0, 0.1) is 0 Å². The standard InChI is InChI=1S/C16H12N2O3/c1-11(19)20-14-9-7-13(8-10-14)16-17-15(18-21-16)12-5-3-2-4-6-12/h2-10H,1H3. The Balaban J connectivity index is 1.85. The van der Waals surface area contributed by atoms with Gasteiger partial charge in [0, 0.05) is 18.1 Å². The first-order chi connectivity index (χ1) is 10.2. The molecule has 2 aromatic carbocycles. The Morgan fingerprint density at radius 3 is 2.38 bits per heavy atom. The van der Waals surface area contributed by atoms with E-state index < -0.39 is 0 Å². The van der Waals surface area contributed by atoms with Crippen molar-refractivity contribution in [2.75, 3.05) is 0 Å². The zero-order chi connectivity index (χ0) is 14.7. The molecule has 5 nitrogen and oxygen atoms in total. The van der Waals surface area contributed by atoms with Gasteiger partial charge in [-0.25, -0.2) is 0 Å². The highest BCUT2D eigenvalue weighted by Crippen LogP contribution is 2.24. The third kappa shape index (κ3) is 2.97. The van der Waals surface area contributed by atoms with E-state index in [4.69, 9.17) is 9.26 Å². The monoisotopic (exact) mass is 280 g/mol. The van der Waals surface area contributed by atoms with Gasteiger partial charge in [0.25, 0.3) is 5.89 Å². The maximum Gasteiger partial charge on any atom is 0.308 e. The highest BCUT2D eigenvalue weighted by molar-refractivity contribution is 5.69. The molecule has 0 unspecified atom stereocenters. The van der Waals surface area contributed by atoms with E-state index in [1.807, 2.05) is 30.3 Å². The first kappa shape index (κ1) is 13.1. The summed E-state index contributed by atoms with van der Waals surface area (Å²) < 4.78 is 10.2. The molecule has 5 heteroatoms. The number of rotatable bonds is 3. The minimum Gasteiger partial charge on any atom is -0.427 e. The lowest BCUT2D eigenvalue weighted by molar-refractivity contribution is -0.131. The van der Waals surface area contributed by atoms with E-state index in [-0.39, 0.29) is 5.97 Å². The van der Waals surface area contributed by atoms with E-state index in [1.54, 1.807) is 24.3 Å². The summed E-state index contributed by atoms with van der Waals surface area (Å²) in [4.78, 5) is 15.2. The minimum atomic E-state index is -0.355. The van der Waals surface area contributed by atoms with Crippen LogP contribution in [-0.4, -0.2) is 16.1 Å². The van der Waals surface area contributed by atoms with Crippen molar-refractivity contribution in [2.45, 2.75) is 6.92 Å². The summed E-state index contributed by atoms with van der Waals surface area (Å²) in [5, 5.41) is 3.96. The first-order valence-corrected chi connectivity index (χ1v) is 6.40. The molecule has 21 heavy (non-hydrogen) atoms. The summed E-state index contributed by atoms with van der Waals surface area (Å²) in [5.41, 5.74) is 1.66. The molecule has 0 bridgehead atoms. The number of aromatic nitrogens is 2. The van der Waals surface area contributed by atoms with Gasteiger partial charge in [0.05, 0.1) is 0 Å². The van der Waals surface area contributed by atoms with Gasteiger partial charge in [0.1, 0.15) is 5.75 Å². The van der Waals surface area contributed by atoms with E-state index in [0.29, 0.717) is 17.5 Å². The van der Waals surface area contributed by atoms with Gasteiger partial charge in [-0.15, -0.1) is 0 Å². The van der Waals surface area contributed by atoms with Gasteiger partial charge in [0.15, 0.2) is 0 Å². The van der Waals surface area contributed by atoms with Crippen LogP contribution in [0.25, 0.3) is 22.8 Å². The van der Waals surface area contributed by atoms with Crippen molar-refractivity contribution >= 4 is 5.97 Å². The van der Waals surface area contributed by atoms with E-state index >= 15 is 0 Å². The van der Waals surface area contributed by atoms with Gasteiger partial charge in [-0.3, -0.25) is 4.79 Å². The number of ether oxygens (including phenoxy) is 1. The highest BCUT2D eigenvalue weighted by Gasteiger charge is 2.10. The average molecular weight is 280 g/mol. The zero-order valence-electron chi connectivity index (χ0n) is 11.3. The summed E-state index contributed by atoms with van der Waals surface area (Å²) >= 11 is 0. The molecule has 0 spiro atoms. The number of benzene rings is 2. The fourth-order valence-corrected chi connectivity index (χ4v) is 1.88. The van der Waals surface area contributed by atoms with Crippen LogP contribution in [0.15, 0.2) is 59.1 Å². The van der Waals surface area contributed by atoms with Gasteiger partial charge < -0.3 is 9.26 Å². The number of carbonyl (C=O) groups is 1. The molecule has 1 aromatic heterocycles. The molecule has 1 heterocycles. The molecule has 0 aliphatic carbocycles. The largest absolute Gasteiger partial charge is 0.427 e. The molecular weight excluding hydrogens is 268 g/mol. The Hall–Kier alpha value is -2.95. The molecule has 3 rings (SSSR count). The smallest absolute Gasteiger partial charge is 0.308 e. The summed E-state index contributed by atoms with van der Waals surface area (Å²) in [5.74, 6) is 1.08. The van der Waals surface area contributed by atoms with Gasteiger partial charge in [-0.2, -0.15) is 4.98 Å². The fraction of sp³-hybridized carbons (Fsp3) is 0.0625. The number of hydrogen-bond acceptors (Lipinski definition) is 5. The second kappa shape index (κ2) is 5.58. The summed E-state index contributed by atoms with van der Waals surface area (Å²) in [7, 11) is 0. The third-order valence-electron chi connectivity index (χ3n) is 2.82. The Morgan fingerprint density at radius 2 is 1.71 bits per heavy atom. The maximum atomic E-state index is 10.9. The lowest BCUT2D eigenvalue weighted by atomic mass is 10.2. The molecule has 0 N–H and O–H groups in total. The van der Waals surface area contributed by atoms with Crippen molar-refractivity contribution < 1.29 is 14.1 Å². The van der Waals surface area contributed by atoms with Crippen LogP contribution in [0.1, 0.15) is 6.92 Å². The van der Waals surface area contributed by atoms with E-state index in [0.717, 1.165) is 11.1 Å². The number of esters is 1. The lowest BCUT2D eigenvalue weighted by Crippen LogP contribution is -2.00. The summed E-state index contributed by atoms with van der Waals surface area (Å²) in [6.07, 6.45) is 0. The summed E-state index contributed by atoms with van der Waals surface area (Å²) in [6.45, 7) is 1.36. The van der Waals surface area contributed by atoms with Crippen LogP contribution >= 0.6 is 0 Å². The molecule has 0 atom stereocenters. The minimum absolute atomic E-state index is 0.355. The predicted molar refractivity (Wildman–Crippen MR) is 76.5 cm³/mol. The lowest BCUT2D eigenvalue weighted by Gasteiger charge is -2.00. The molecule has 0 saturated heterocycles. The Bertz CT molecular complexity index is 749. The van der Waals surface area contributed by atoms with E-state index in [2.05, 4.69) is 10.1 Å². The maximum absolute atomic E-state index is 10.9. The van der Waals surface area contributed by atoms with Crippen LogP contribution in [-0.2, 0) is 4.79 Å². The quantitative estimate of drug-likeness (QED) is 0.544. The summed E-state index contributed by atoms with van der Waals surface area (Å²) in [6, 6.07) is 16.5. The number of hydrogen-bond donors (Lipinski definition) is 0. The van der Waals surface area contributed by atoms with Crippen molar-refractivity contribution in [2.24, 2.45) is 0 Å². The van der Waals surface area contributed by atoms with Crippen molar-refractivity contribution in [3.8, 4) is 28.6 Å². The molecule has 0 saturated carbocycles. The van der Waals surface area contributed by atoms with Crippen LogP contribution in [0.3, 0.4) is 0 Å². The Kier molecular flexibility index (Phi) is 3.47. The van der Waals surface area contributed by atoms with Crippen LogP contribution in [0.5, 0.6) is 5.75 Å². The van der Waals surface area contributed by atoms with Gasteiger partial charge in [-0.05, 0) is 24.3 Å². The molecule has 0 radical (unpaired) electrons. The van der Waals surface area contributed by atoms with Crippen LogP contribution < -0.4 is 4.74 Å². The van der Waals surface area contributed by atoms with Crippen LogP contribution in [0.2, 0.25) is 0 Å². The second-order valence-electron chi connectivity index (χ2n) is 4.41. The van der Waals surface area contributed by atoms with Crippen molar-refractivity contribution in [1.29, 1.82) is 0 Å². The Labute approximate surface area is 121 Å². The van der Waals surface area contributed by atoms with Gasteiger partial charge in [0.2, 0.25) is 5.82 Å². The average Bonchev–Trinajstić information content (AvgIpc) is 2.98. The zero-order valence-corrected chi connectivity index (χ0v) is 11.3. The molecule has 0 aliphatic heterocycles. The SMILES string of the molecule is CC(=O)Oc1ccc(-c2nc(-c3ccccc3)no2)cc1. The number of nitrogens with zero attached hydrogens (tertiary/aromatic N) is 2. The van der Waals surface area contributed by atoms with E-state index in [1.165, 1.54) is 6.92 Å². The van der Waals surface area contributed by atoms with Crippen LogP contribution in [0.4, 0.5) is 0 Å². The molecule has 3 aromatic rings. The van der Waals surface area contributed by atoms with Gasteiger partial charge in [-0.1, -0.05) is 35.5 Å². The molecule has 104 valence electrons. The molecule has 0 fully saturated rings. The topological polar surface area (TPSA) is 65.2 Å². The highest BCUT2D eigenvalue weighted by atomic mass is 16.5. The van der Waals surface area contributed by atoms with Crippen molar-refractivity contribution in [1.82, 2.24) is 10.1 Å². The third-order valence-corrected chi connectivity index (χ3v) is 2.82. The predicted octanol–water partition coefficient (Wildman–Crippen LogP) is 3.33. The fourth-order valence-electron chi connectivity index (χ4n) is 1.88. The van der Waals surface area contributed by atoms with E-state index in [9.17, 15) is 4.79 Å². The first-order valence-electron chi connectivity index (χ1n) is 6.40. The van der Waals surface area contributed by atoms with Crippen molar-refractivity contribution in [3.63, 3.8) is 0 Å². The van der Waals surface area contributed by atoms with Gasteiger partial charge >= 0.3 is 5.97 Å².